The summed E-state index contributed by atoms with van der Waals surface area (Å²) < 4.78 is 61.4. The van der Waals surface area contributed by atoms with Gasteiger partial charge in [0.1, 0.15) is 25.4 Å². The Balaban J connectivity index is 4.71. The molecule has 0 aromatic rings. The van der Waals surface area contributed by atoms with Gasteiger partial charge < -0.3 is 34.2 Å². The van der Waals surface area contributed by atoms with Gasteiger partial charge in [-0.2, -0.15) is 0 Å². The van der Waals surface area contributed by atoms with Crippen LogP contribution in [-0.4, -0.2) is 95.9 Å². The molecule has 5 unspecified atom stereocenters. The number of allylic oxidation sites excluding steroid dienone is 34. The maximum atomic E-state index is 13.0. The van der Waals surface area contributed by atoms with E-state index in [-0.39, 0.29) is 19.3 Å². The highest BCUT2D eigenvalue weighted by molar-refractivity contribution is 7.47. The molecule has 18 heteroatoms. The molecule has 0 bridgehead atoms. The number of carbonyl (C=O) groups is 3. The second-order valence-electron chi connectivity index (χ2n) is 28.2. The smallest absolute Gasteiger partial charge is 0.463 e. The van der Waals surface area contributed by atoms with E-state index in [1.54, 1.807) is 0 Å². The van der Waals surface area contributed by atoms with Crippen molar-refractivity contribution in [2.24, 2.45) is 0 Å². The van der Waals surface area contributed by atoms with Crippen molar-refractivity contribution in [2.45, 2.75) is 334 Å². The molecule has 0 aromatic carbocycles. The normalized spacial score (nSPS) is 14.9. The zero-order chi connectivity index (χ0) is 82.2. The van der Waals surface area contributed by atoms with Gasteiger partial charge in [0, 0.05) is 19.3 Å². The standard InChI is InChI=1S/C95H154O16P2/c1-4-7-10-13-16-19-22-25-28-31-34-37-40-42-43-44-45-47-50-51-54-57-60-63-66-69-72-75-78-81-93(98)105-84-90(96)85-107-112(101,102)108-86-91(97)87-109-113(103,104)110-89-92(111-95(100)83-80-77-74-71-68-65-62-59-56-53-48-39-36-33-30-27-24-21-18-15-12-9-6-3)88-106-94(99)82-79-76-73-70-67-64-61-58-55-52-49-46-41-38-35-32-29-26-23-20-17-14-11-8-5-2/h7-12,16-21,25-30,34-39,42-43,45-47,49,53,56,62,65,90-92,96-97H,4-6,13-15,22-24,31-33,40-41,44,48,50-52,54-55,57-61,63-64,66-89H2,1-3H3,(H,101,102)(H,103,104)/b10-7-,11-8-,12-9-,19-16-,20-17-,21-18-,28-25-,29-26-,30-27-,37-34-,38-35-,39-36-,43-42-,47-45-,49-46-,56-53-,65-62-. The number of rotatable bonds is 80. The molecule has 0 spiro atoms. The van der Waals surface area contributed by atoms with E-state index in [1.165, 1.54) is 57.8 Å². The van der Waals surface area contributed by atoms with Crippen molar-refractivity contribution in [1.29, 1.82) is 0 Å². The molecule has 0 rings (SSSR count). The van der Waals surface area contributed by atoms with Crippen molar-refractivity contribution in [1.82, 2.24) is 0 Å². The van der Waals surface area contributed by atoms with Crippen LogP contribution >= 0.6 is 15.6 Å². The topological polar surface area (TPSA) is 231 Å². The summed E-state index contributed by atoms with van der Waals surface area (Å²) in [6.45, 7) is 2.30. The van der Waals surface area contributed by atoms with Gasteiger partial charge in [0.25, 0.3) is 0 Å². The summed E-state index contributed by atoms with van der Waals surface area (Å²) in [6.07, 6.45) is 114. The Bertz CT molecular complexity index is 2880. The molecule has 0 aliphatic heterocycles. The van der Waals surface area contributed by atoms with E-state index in [1.807, 2.05) is 0 Å². The highest BCUT2D eigenvalue weighted by Gasteiger charge is 2.29. The van der Waals surface area contributed by atoms with Crippen molar-refractivity contribution in [2.75, 3.05) is 39.6 Å². The summed E-state index contributed by atoms with van der Waals surface area (Å²) in [4.78, 5) is 58.9. The predicted molar refractivity (Wildman–Crippen MR) is 472 cm³/mol. The Hall–Kier alpha value is -5.87. The number of esters is 3. The summed E-state index contributed by atoms with van der Waals surface area (Å²) in [6, 6.07) is 0. The Morgan fingerprint density at radius 1 is 0.248 bits per heavy atom. The second-order valence-corrected chi connectivity index (χ2v) is 31.1. The fraction of sp³-hybridized carbons (Fsp3) is 0.611. The Labute approximate surface area is 686 Å². The number of phosphoric ester groups is 2. The maximum Gasteiger partial charge on any atom is 0.472 e. The summed E-state index contributed by atoms with van der Waals surface area (Å²) >= 11 is 0. The number of phosphoric acid groups is 2. The summed E-state index contributed by atoms with van der Waals surface area (Å²) in [7, 11) is -9.83. The lowest BCUT2D eigenvalue weighted by molar-refractivity contribution is -0.161. The van der Waals surface area contributed by atoms with Gasteiger partial charge in [-0.25, -0.2) is 9.13 Å². The molecule has 16 nitrogen and oxygen atoms in total. The second kappa shape index (κ2) is 85.5. The third-order valence-corrected chi connectivity index (χ3v) is 19.4. The zero-order valence-electron chi connectivity index (χ0n) is 70.2. The number of aliphatic hydroxyl groups excluding tert-OH is 2. The minimum Gasteiger partial charge on any atom is -0.463 e. The van der Waals surface area contributed by atoms with Gasteiger partial charge >= 0.3 is 33.6 Å². The van der Waals surface area contributed by atoms with Crippen molar-refractivity contribution in [3.63, 3.8) is 0 Å². The summed E-state index contributed by atoms with van der Waals surface area (Å²) in [5.74, 6) is -1.62. The molecule has 0 aromatic heterocycles. The van der Waals surface area contributed by atoms with Gasteiger partial charge in [0.05, 0.1) is 26.4 Å². The first kappa shape index (κ1) is 107. The zero-order valence-corrected chi connectivity index (χ0v) is 72.0. The van der Waals surface area contributed by atoms with E-state index in [0.29, 0.717) is 19.3 Å². The van der Waals surface area contributed by atoms with Crippen molar-refractivity contribution in [3.05, 3.63) is 207 Å². The minimum absolute atomic E-state index is 0.0651. The first-order valence-corrected chi connectivity index (χ1v) is 46.4. The van der Waals surface area contributed by atoms with Gasteiger partial charge in [-0.15, -0.1) is 0 Å². The molecule has 0 aliphatic carbocycles. The molecule has 0 saturated carbocycles. The van der Waals surface area contributed by atoms with Gasteiger partial charge in [-0.3, -0.25) is 32.5 Å². The monoisotopic (exact) mass is 1610 g/mol. The van der Waals surface area contributed by atoms with Gasteiger partial charge in [-0.1, -0.05) is 337 Å². The highest BCUT2D eigenvalue weighted by Crippen LogP contribution is 2.45. The number of ether oxygens (including phenoxy) is 3. The van der Waals surface area contributed by atoms with Crippen LogP contribution in [0.4, 0.5) is 0 Å². The lowest BCUT2D eigenvalue weighted by Gasteiger charge is -2.21. The molecule has 4 N–H and O–H groups in total. The lowest BCUT2D eigenvalue weighted by atomic mass is 10.1. The number of hydrogen-bond acceptors (Lipinski definition) is 14. The van der Waals surface area contributed by atoms with Crippen molar-refractivity contribution in [3.8, 4) is 0 Å². The molecule has 5 atom stereocenters. The lowest BCUT2D eigenvalue weighted by Crippen LogP contribution is -2.30. The highest BCUT2D eigenvalue weighted by atomic mass is 31.2. The van der Waals surface area contributed by atoms with Crippen LogP contribution in [0.15, 0.2) is 207 Å². The molecule has 0 saturated heterocycles. The number of carbonyl (C=O) groups excluding carboxylic acids is 3. The van der Waals surface area contributed by atoms with Crippen LogP contribution < -0.4 is 0 Å². The van der Waals surface area contributed by atoms with Gasteiger partial charge in [0.15, 0.2) is 6.10 Å². The average molecular weight is 1610 g/mol. The van der Waals surface area contributed by atoms with Crippen LogP contribution in [0.25, 0.3) is 0 Å². The van der Waals surface area contributed by atoms with E-state index in [4.69, 9.17) is 32.3 Å². The van der Waals surface area contributed by atoms with Crippen molar-refractivity contribution < 1.29 is 75.8 Å². The van der Waals surface area contributed by atoms with Crippen molar-refractivity contribution >= 4 is 33.6 Å². The van der Waals surface area contributed by atoms with Gasteiger partial charge in [0.2, 0.25) is 0 Å². The van der Waals surface area contributed by atoms with E-state index >= 15 is 0 Å². The van der Waals surface area contributed by atoms with E-state index in [0.717, 1.165) is 199 Å². The summed E-state index contributed by atoms with van der Waals surface area (Å²) in [5, 5.41) is 20.7. The van der Waals surface area contributed by atoms with Gasteiger partial charge in [-0.05, 0) is 167 Å². The molecule has 0 amide bonds. The first-order valence-electron chi connectivity index (χ1n) is 43.4. The molecule has 640 valence electrons. The quantitative estimate of drug-likeness (QED) is 0.0146. The van der Waals surface area contributed by atoms with E-state index in [2.05, 4.69) is 227 Å². The van der Waals surface area contributed by atoms with Crippen LogP contribution in [0.1, 0.15) is 316 Å². The van der Waals surface area contributed by atoms with Crippen LogP contribution in [-0.2, 0) is 55.8 Å². The predicted octanol–water partition coefficient (Wildman–Crippen LogP) is 26.4. The third kappa shape index (κ3) is 86.8. The Kier molecular flexibility index (Phi) is 81.1. The Morgan fingerprint density at radius 3 is 0.699 bits per heavy atom. The number of aliphatic hydroxyl groups is 2. The van der Waals surface area contributed by atoms with Crippen LogP contribution in [0.3, 0.4) is 0 Å². The van der Waals surface area contributed by atoms with Crippen LogP contribution in [0, 0.1) is 0 Å². The molecule has 0 heterocycles. The molecule has 0 aliphatic rings. The van der Waals surface area contributed by atoms with E-state index in [9.17, 15) is 43.5 Å². The molecule has 0 radical (unpaired) electrons. The fourth-order valence-corrected chi connectivity index (χ4v) is 12.6. The number of hydrogen-bond donors (Lipinski definition) is 4. The third-order valence-electron chi connectivity index (χ3n) is 17.5. The maximum absolute atomic E-state index is 13.0. The Morgan fingerprint density at radius 2 is 0.442 bits per heavy atom. The molecular formula is C95H154O16P2. The van der Waals surface area contributed by atoms with Crippen LogP contribution in [0.2, 0.25) is 0 Å². The number of unbranched alkanes of at least 4 members (excludes halogenated alkanes) is 23. The fourth-order valence-electron chi connectivity index (χ4n) is 11.0. The summed E-state index contributed by atoms with van der Waals surface area (Å²) in [5.41, 5.74) is 0. The first-order chi connectivity index (χ1) is 55.2. The average Bonchev–Trinajstić information content (AvgIpc) is 0.899. The van der Waals surface area contributed by atoms with Crippen LogP contribution in [0.5, 0.6) is 0 Å². The molecule has 0 fully saturated rings. The largest absolute Gasteiger partial charge is 0.472 e. The SMILES string of the molecule is CC/C=C\C/C=C\C/C=C\C/C=C\C/C=C\C/C=C\CCCCCCCCCCCCC(=O)OCC(O)COP(=O)(O)OCC(O)COP(=O)(O)OCC(COC(=O)CCCCCCCCCCC/C=C\C/C=C\C/C=C\C/C=C\C/C=C\CC)OC(=O)CCCCCC/C=C\C/C=C\C/C=C\C/C=C\C/C=C\C/C=C\CC. The van der Waals surface area contributed by atoms with E-state index < -0.39 is 91.5 Å². The minimum atomic E-state index is -4.96. The molecular weight excluding hydrogens is 1460 g/mol. The molecule has 113 heavy (non-hydrogen) atoms.